The van der Waals surface area contributed by atoms with Crippen LogP contribution in [0.4, 0.5) is 0 Å². The van der Waals surface area contributed by atoms with E-state index >= 15 is 0 Å². The summed E-state index contributed by atoms with van der Waals surface area (Å²) in [7, 11) is 0. The minimum absolute atomic E-state index is 0.125. The molecule has 40 heavy (non-hydrogen) atoms. The maximum Gasteiger partial charge on any atom is 0.306 e. The van der Waals surface area contributed by atoms with E-state index in [0.29, 0.717) is 6.42 Å². The number of carbonyl (C=O) groups excluding carboxylic acids is 1. The highest BCUT2D eigenvalue weighted by Crippen LogP contribution is 2.33. The Balaban J connectivity index is 1.48. The van der Waals surface area contributed by atoms with Crippen LogP contribution in [0.5, 0.6) is 5.75 Å². The van der Waals surface area contributed by atoms with Crippen LogP contribution in [0.25, 0.3) is 22.3 Å². The Bertz CT molecular complexity index is 1100. The van der Waals surface area contributed by atoms with Crippen molar-refractivity contribution in [3.8, 4) is 28.0 Å². The van der Waals surface area contributed by atoms with Crippen LogP contribution in [-0.2, 0) is 9.53 Å². The van der Waals surface area contributed by atoms with Crippen LogP contribution in [0.2, 0.25) is 0 Å². The number of esters is 1. The van der Waals surface area contributed by atoms with Crippen LogP contribution in [-0.4, -0.2) is 12.6 Å². The lowest BCUT2D eigenvalue weighted by Crippen LogP contribution is -2.08. The quantitative estimate of drug-likeness (QED) is 0.112. The number of hydrogen-bond acceptors (Lipinski definition) is 3. The maximum absolute atomic E-state index is 12.0. The summed E-state index contributed by atoms with van der Waals surface area (Å²) in [6, 6.07) is 25.3. The summed E-state index contributed by atoms with van der Waals surface area (Å²) in [6.45, 7) is 7.07. The van der Waals surface area contributed by atoms with E-state index in [1.165, 1.54) is 74.5 Å². The molecule has 0 aliphatic rings. The standard InChI is InChI=1S/C37H50O3/c1-4-6-8-9-10-11-12-13-14-17-29-39-34-27-25-33(26-28-34)36-19-16-15-18-35(36)32-23-21-31(22-24-32)30(3)40-37(38)20-7-5-2/h15-16,18-19,21-28,30H,4-14,17,20,29H2,1-3H3. The topological polar surface area (TPSA) is 35.5 Å². The summed E-state index contributed by atoms with van der Waals surface area (Å²) in [5, 5.41) is 0. The molecule has 1 atom stereocenters. The monoisotopic (exact) mass is 542 g/mol. The third-order valence-corrected chi connectivity index (χ3v) is 7.59. The molecule has 0 aromatic heterocycles. The first-order chi connectivity index (χ1) is 19.6. The maximum atomic E-state index is 12.0. The normalized spacial score (nSPS) is 11.8. The van der Waals surface area contributed by atoms with Gasteiger partial charge in [-0.1, -0.05) is 139 Å². The molecule has 0 bridgehead atoms. The Morgan fingerprint density at radius 2 is 1.12 bits per heavy atom. The molecule has 0 aliphatic heterocycles. The first-order valence-corrected chi connectivity index (χ1v) is 15.7. The first kappa shape index (κ1) is 31.5. The number of ether oxygens (including phenoxy) is 2. The third kappa shape index (κ3) is 10.8. The van der Waals surface area contributed by atoms with E-state index in [1.807, 2.05) is 6.92 Å². The highest BCUT2D eigenvalue weighted by atomic mass is 16.5. The Labute approximate surface area is 243 Å². The first-order valence-electron chi connectivity index (χ1n) is 15.7. The predicted molar refractivity (Wildman–Crippen MR) is 169 cm³/mol. The van der Waals surface area contributed by atoms with E-state index in [-0.39, 0.29) is 12.1 Å². The van der Waals surface area contributed by atoms with Gasteiger partial charge in [0, 0.05) is 6.42 Å². The number of carbonyl (C=O) groups is 1. The van der Waals surface area contributed by atoms with Crippen molar-refractivity contribution in [3.63, 3.8) is 0 Å². The molecule has 0 fully saturated rings. The summed E-state index contributed by atoms with van der Waals surface area (Å²) >= 11 is 0. The average Bonchev–Trinajstić information content (AvgIpc) is 2.99. The second kappa shape index (κ2) is 18.3. The summed E-state index contributed by atoms with van der Waals surface area (Å²) in [5.41, 5.74) is 5.69. The fourth-order valence-corrected chi connectivity index (χ4v) is 5.08. The van der Waals surface area contributed by atoms with Crippen LogP contribution >= 0.6 is 0 Å². The molecule has 0 N–H and O–H groups in total. The smallest absolute Gasteiger partial charge is 0.306 e. The van der Waals surface area contributed by atoms with Gasteiger partial charge in [0.25, 0.3) is 0 Å². The Kier molecular flexibility index (Phi) is 14.4. The molecule has 3 nitrogen and oxygen atoms in total. The van der Waals surface area contributed by atoms with E-state index in [4.69, 9.17) is 9.47 Å². The number of unbranched alkanes of at least 4 members (excludes halogenated alkanes) is 10. The predicted octanol–water partition coefficient (Wildman–Crippen LogP) is 11.1. The molecule has 1 unspecified atom stereocenters. The van der Waals surface area contributed by atoms with Crippen molar-refractivity contribution in [1.29, 1.82) is 0 Å². The molecule has 3 heteroatoms. The van der Waals surface area contributed by atoms with Gasteiger partial charge in [0.1, 0.15) is 11.9 Å². The van der Waals surface area contributed by atoms with Gasteiger partial charge in [0.15, 0.2) is 0 Å². The average molecular weight is 543 g/mol. The van der Waals surface area contributed by atoms with Crippen LogP contribution in [0, 0.1) is 0 Å². The number of benzene rings is 3. The van der Waals surface area contributed by atoms with Gasteiger partial charge >= 0.3 is 5.97 Å². The molecule has 0 saturated heterocycles. The molecule has 0 saturated carbocycles. The van der Waals surface area contributed by atoms with E-state index in [0.717, 1.165) is 42.7 Å². The Morgan fingerprint density at radius 1 is 0.625 bits per heavy atom. The molecular weight excluding hydrogens is 492 g/mol. The van der Waals surface area contributed by atoms with E-state index in [2.05, 4.69) is 86.6 Å². The van der Waals surface area contributed by atoms with E-state index in [9.17, 15) is 4.79 Å². The lowest BCUT2D eigenvalue weighted by Gasteiger charge is -2.15. The summed E-state index contributed by atoms with van der Waals surface area (Å²) < 4.78 is 11.6. The van der Waals surface area contributed by atoms with Crippen molar-refractivity contribution in [1.82, 2.24) is 0 Å². The van der Waals surface area contributed by atoms with Gasteiger partial charge in [-0.2, -0.15) is 0 Å². The minimum atomic E-state index is -0.249. The van der Waals surface area contributed by atoms with E-state index in [1.54, 1.807) is 0 Å². The molecular formula is C37H50O3. The molecule has 3 aromatic rings. The third-order valence-electron chi connectivity index (χ3n) is 7.59. The number of rotatable bonds is 19. The van der Waals surface area contributed by atoms with Gasteiger partial charge in [-0.3, -0.25) is 4.79 Å². The second-order valence-electron chi connectivity index (χ2n) is 11.0. The minimum Gasteiger partial charge on any atom is -0.494 e. The van der Waals surface area contributed by atoms with Crippen molar-refractivity contribution in [2.75, 3.05) is 6.61 Å². The van der Waals surface area contributed by atoms with Crippen molar-refractivity contribution in [2.45, 2.75) is 110 Å². The molecule has 0 aliphatic carbocycles. The van der Waals surface area contributed by atoms with Crippen LogP contribution in [0.3, 0.4) is 0 Å². The SMILES string of the molecule is CCCCCCCCCCCCOc1ccc(-c2ccccc2-c2ccc(C(C)OC(=O)CCCC)cc2)cc1. The zero-order valence-electron chi connectivity index (χ0n) is 25.1. The van der Waals surface area contributed by atoms with Crippen molar-refractivity contribution in [3.05, 3.63) is 78.4 Å². The van der Waals surface area contributed by atoms with Gasteiger partial charge in [0.2, 0.25) is 0 Å². The molecule has 0 radical (unpaired) electrons. The second-order valence-corrected chi connectivity index (χ2v) is 11.0. The zero-order chi connectivity index (χ0) is 28.4. The fourth-order valence-electron chi connectivity index (χ4n) is 5.08. The van der Waals surface area contributed by atoms with Gasteiger partial charge in [-0.25, -0.2) is 0 Å². The van der Waals surface area contributed by atoms with Crippen molar-refractivity contribution < 1.29 is 14.3 Å². The molecule has 216 valence electrons. The summed E-state index contributed by atoms with van der Waals surface area (Å²) in [4.78, 5) is 12.0. The van der Waals surface area contributed by atoms with Crippen molar-refractivity contribution >= 4 is 5.97 Å². The summed E-state index contributed by atoms with van der Waals surface area (Å²) in [6.07, 6.45) is 15.4. The van der Waals surface area contributed by atoms with Crippen LogP contribution in [0.15, 0.2) is 72.8 Å². The lowest BCUT2D eigenvalue weighted by atomic mass is 9.94. The molecule has 0 amide bonds. The Morgan fingerprint density at radius 3 is 1.68 bits per heavy atom. The van der Waals surface area contributed by atoms with Gasteiger partial charge in [-0.15, -0.1) is 0 Å². The number of hydrogen-bond donors (Lipinski definition) is 0. The van der Waals surface area contributed by atoms with Gasteiger partial charge < -0.3 is 9.47 Å². The molecule has 3 rings (SSSR count). The summed E-state index contributed by atoms with van der Waals surface area (Å²) in [5.74, 6) is 0.809. The molecule has 0 heterocycles. The molecule has 0 spiro atoms. The zero-order valence-corrected chi connectivity index (χ0v) is 25.1. The fraction of sp³-hybridized carbons (Fsp3) is 0.486. The van der Waals surface area contributed by atoms with Crippen molar-refractivity contribution in [2.24, 2.45) is 0 Å². The van der Waals surface area contributed by atoms with Crippen LogP contribution < -0.4 is 4.74 Å². The highest BCUT2D eigenvalue weighted by Gasteiger charge is 2.13. The van der Waals surface area contributed by atoms with Gasteiger partial charge in [0.05, 0.1) is 6.61 Å². The Hall–Kier alpha value is -3.07. The van der Waals surface area contributed by atoms with E-state index < -0.39 is 0 Å². The van der Waals surface area contributed by atoms with Crippen LogP contribution in [0.1, 0.15) is 116 Å². The molecule has 3 aromatic carbocycles. The lowest BCUT2D eigenvalue weighted by molar-refractivity contribution is -0.148. The highest BCUT2D eigenvalue weighted by molar-refractivity contribution is 5.83. The van der Waals surface area contributed by atoms with Gasteiger partial charge in [-0.05, 0) is 59.7 Å². The largest absolute Gasteiger partial charge is 0.494 e.